The first kappa shape index (κ1) is 34.8. The molecule has 2 aliphatic rings. The van der Waals surface area contributed by atoms with Crippen LogP contribution in [0.15, 0.2) is 79.1 Å². The van der Waals surface area contributed by atoms with Crippen molar-refractivity contribution in [2.45, 2.75) is 77.2 Å². The Kier molecular flexibility index (Phi) is 10.2. The number of ether oxygens (including phenoxy) is 1. The van der Waals surface area contributed by atoms with Crippen molar-refractivity contribution < 1.29 is 14.3 Å². The van der Waals surface area contributed by atoms with Crippen molar-refractivity contribution in [3.05, 3.63) is 102 Å². The summed E-state index contributed by atoms with van der Waals surface area (Å²) in [6, 6.07) is 23.5. The number of rotatable bonds is 12. The van der Waals surface area contributed by atoms with Crippen LogP contribution in [0, 0.1) is 6.92 Å². The van der Waals surface area contributed by atoms with Crippen molar-refractivity contribution in [2.75, 3.05) is 31.6 Å². The number of para-hydroxylation sites is 1. The maximum atomic E-state index is 13.7. The van der Waals surface area contributed by atoms with Crippen molar-refractivity contribution >= 4 is 47.4 Å². The largest absolute Gasteiger partial charge is 0.360 e. The molecule has 0 aliphatic carbocycles. The summed E-state index contributed by atoms with van der Waals surface area (Å²) >= 11 is 0. The number of anilines is 1. The van der Waals surface area contributed by atoms with Crippen LogP contribution in [0.1, 0.15) is 41.3 Å². The minimum atomic E-state index is -1.16. The number of amides is 3. The van der Waals surface area contributed by atoms with E-state index >= 15 is 0 Å². The van der Waals surface area contributed by atoms with Gasteiger partial charge >= 0.3 is 6.03 Å². The Bertz CT molecular complexity index is 2030. The van der Waals surface area contributed by atoms with Gasteiger partial charge in [-0.3, -0.25) is 14.7 Å². The second-order valence-corrected chi connectivity index (χ2v) is 21.0. The first-order valence-electron chi connectivity index (χ1n) is 18.1. The van der Waals surface area contributed by atoms with E-state index in [1.54, 1.807) is 0 Å². The number of nitrogens with one attached hydrogen (secondary N) is 2. The third-order valence-electron chi connectivity index (χ3n) is 10.1. The van der Waals surface area contributed by atoms with Gasteiger partial charge in [-0.1, -0.05) is 68.2 Å². The number of carbonyl (C=O) groups is 2. The van der Waals surface area contributed by atoms with Gasteiger partial charge in [0.15, 0.2) is 0 Å². The van der Waals surface area contributed by atoms with Gasteiger partial charge in [0.1, 0.15) is 6.73 Å². The summed E-state index contributed by atoms with van der Waals surface area (Å²) in [6.45, 7) is 12.8. The van der Waals surface area contributed by atoms with Gasteiger partial charge in [-0.15, -0.1) is 0 Å². The molecule has 4 heterocycles. The predicted molar refractivity (Wildman–Crippen MR) is 205 cm³/mol. The molecule has 7 rings (SSSR count). The minimum Gasteiger partial charge on any atom is -0.360 e. The number of urea groups is 1. The van der Waals surface area contributed by atoms with Crippen LogP contribution in [0.2, 0.25) is 25.7 Å². The lowest BCUT2D eigenvalue weighted by atomic mass is 9.98. The van der Waals surface area contributed by atoms with E-state index in [0.717, 1.165) is 88.3 Å². The molecule has 0 bridgehead atoms. The number of hydrogen-bond acceptors (Lipinski definition) is 6. The molecule has 0 saturated carbocycles. The molecular formula is C40H49N7O3Si. The molecule has 2 aliphatic heterocycles. The quantitative estimate of drug-likeness (QED) is 0.106. The third-order valence-corrected chi connectivity index (χ3v) is 11.8. The Morgan fingerprint density at radius 3 is 2.59 bits per heavy atom. The first-order valence-corrected chi connectivity index (χ1v) is 21.8. The fraction of sp³-hybridized carbons (Fsp3) is 0.400. The number of carbonyl (C=O) groups excluding carboxylic acids is 2. The molecule has 266 valence electrons. The van der Waals surface area contributed by atoms with Gasteiger partial charge < -0.3 is 20.3 Å². The topological polar surface area (TPSA) is 105 Å². The van der Waals surface area contributed by atoms with Crippen LogP contribution < -0.4 is 10.6 Å². The molecule has 51 heavy (non-hydrogen) atoms. The number of hydrogen-bond donors (Lipinski definition) is 2. The van der Waals surface area contributed by atoms with Gasteiger partial charge in [-0.25, -0.2) is 9.48 Å². The van der Waals surface area contributed by atoms with Crippen LogP contribution in [0.4, 0.5) is 10.5 Å². The lowest BCUT2D eigenvalue weighted by Crippen LogP contribution is -2.51. The van der Waals surface area contributed by atoms with E-state index in [4.69, 9.17) is 14.8 Å². The summed E-state index contributed by atoms with van der Waals surface area (Å²) in [6.07, 6.45) is 6.20. The summed E-state index contributed by atoms with van der Waals surface area (Å²) in [5.74, 6) is -0.0286. The highest BCUT2D eigenvalue weighted by atomic mass is 28.3. The van der Waals surface area contributed by atoms with Gasteiger partial charge in [-0.2, -0.15) is 5.10 Å². The normalized spacial score (nSPS) is 16.3. The number of piperidine rings is 1. The van der Waals surface area contributed by atoms with Crippen molar-refractivity contribution in [3.8, 4) is 0 Å². The number of pyridine rings is 1. The fourth-order valence-electron chi connectivity index (χ4n) is 7.26. The number of benzene rings is 3. The van der Waals surface area contributed by atoms with E-state index in [2.05, 4.69) is 84.7 Å². The maximum absolute atomic E-state index is 13.7. The van der Waals surface area contributed by atoms with E-state index in [-0.39, 0.29) is 24.0 Å². The first-order chi connectivity index (χ1) is 24.6. The highest BCUT2D eigenvalue weighted by molar-refractivity contribution is 6.76. The van der Waals surface area contributed by atoms with Crippen LogP contribution in [0.5, 0.6) is 0 Å². The van der Waals surface area contributed by atoms with E-state index in [0.29, 0.717) is 26.2 Å². The van der Waals surface area contributed by atoms with Crippen LogP contribution in [0.25, 0.3) is 21.7 Å². The number of nitrogens with zero attached hydrogens (tertiary/aromatic N) is 5. The Morgan fingerprint density at radius 2 is 1.78 bits per heavy atom. The lowest BCUT2D eigenvalue weighted by Gasteiger charge is -2.40. The zero-order valence-corrected chi connectivity index (χ0v) is 31.2. The van der Waals surface area contributed by atoms with Crippen molar-refractivity contribution in [2.24, 2.45) is 0 Å². The van der Waals surface area contributed by atoms with Gasteiger partial charge in [0.05, 0.1) is 23.8 Å². The molecule has 3 aromatic carbocycles. The predicted octanol–water partition coefficient (Wildman–Crippen LogP) is 7.12. The SMILES string of the molecule is Cc1cc(CC(NC(=O)CN2CCC(N3Cc4ccccc4NC3=O)CC2)c2cc3ccccc3cn2)cc2cn(COCC[Si](C)(C)C)nc12. The standard InChI is InChI=1S/C40H49N7O3Si/c1-28-19-29(20-33-24-46(44-39(28)33)27-50-17-18-51(2,3)4)21-37(36-22-30-9-5-6-10-31(30)23-41-36)42-38(48)26-45-15-13-34(14-16-45)47-25-32-11-7-8-12-35(32)43-40(47)49/h5-12,19-20,22-24,34,37H,13-18,21,25-27H2,1-4H3,(H,42,48)(H,43,49). The van der Waals surface area contributed by atoms with Crippen LogP contribution in [0.3, 0.4) is 0 Å². The van der Waals surface area contributed by atoms with Crippen LogP contribution in [-0.4, -0.2) is 76.9 Å². The molecule has 11 heteroatoms. The number of aryl methyl sites for hydroxylation is 1. The molecule has 2 aromatic heterocycles. The zero-order chi connectivity index (χ0) is 35.5. The van der Waals surface area contributed by atoms with Gasteiger partial charge in [0, 0.05) is 69.2 Å². The molecule has 1 saturated heterocycles. The molecule has 10 nitrogen and oxygen atoms in total. The van der Waals surface area contributed by atoms with Crippen molar-refractivity contribution in [1.82, 2.24) is 29.9 Å². The van der Waals surface area contributed by atoms with Crippen LogP contribution >= 0.6 is 0 Å². The molecule has 0 spiro atoms. The monoisotopic (exact) mass is 703 g/mol. The average Bonchev–Trinajstić information content (AvgIpc) is 3.53. The van der Waals surface area contributed by atoms with Crippen LogP contribution in [-0.2, 0) is 29.2 Å². The molecule has 1 unspecified atom stereocenters. The van der Waals surface area contributed by atoms with Gasteiger partial charge in [-0.05, 0) is 72.5 Å². The Morgan fingerprint density at radius 1 is 1.02 bits per heavy atom. The van der Waals surface area contributed by atoms with Crippen molar-refractivity contribution in [3.63, 3.8) is 0 Å². The zero-order valence-electron chi connectivity index (χ0n) is 30.2. The summed E-state index contributed by atoms with van der Waals surface area (Å²) in [5.41, 5.74) is 6.03. The maximum Gasteiger partial charge on any atom is 0.322 e. The lowest BCUT2D eigenvalue weighted by molar-refractivity contribution is -0.123. The second-order valence-electron chi connectivity index (χ2n) is 15.4. The Labute approximate surface area is 301 Å². The molecule has 1 fully saturated rings. The summed E-state index contributed by atoms with van der Waals surface area (Å²) in [7, 11) is -1.16. The van der Waals surface area contributed by atoms with Gasteiger partial charge in [0.2, 0.25) is 5.91 Å². The highest BCUT2D eigenvalue weighted by Gasteiger charge is 2.32. The summed E-state index contributed by atoms with van der Waals surface area (Å²) in [5, 5.41) is 14.4. The summed E-state index contributed by atoms with van der Waals surface area (Å²) < 4.78 is 7.85. The second kappa shape index (κ2) is 15.0. The number of likely N-dealkylation sites (tertiary alicyclic amines) is 1. The fourth-order valence-corrected chi connectivity index (χ4v) is 8.02. The number of aromatic nitrogens is 3. The highest BCUT2D eigenvalue weighted by Crippen LogP contribution is 2.29. The molecule has 5 aromatic rings. The summed E-state index contributed by atoms with van der Waals surface area (Å²) in [4.78, 5) is 35.6. The molecule has 3 amide bonds. The molecule has 1 atom stereocenters. The van der Waals surface area contributed by atoms with E-state index in [1.165, 1.54) is 0 Å². The number of fused-ring (bicyclic) bond motifs is 3. The molecule has 0 radical (unpaired) electrons. The molecular weight excluding hydrogens is 655 g/mol. The molecule has 2 N–H and O–H groups in total. The smallest absolute Gasteiger partial charge is 0.322 e. The van der Waals surface area contributed by atoms with E-state index in [9.17, 15) is 9.59 Å². The Balaban J connectivity index is 1.02. The Hall–Kier alpha value is -4.58. The van der Waals surface area contributed by atoms with E-state index in [1.807, 2.05) is 46.1 Å². The van der Waals surface area contributed by atoms with Crippen molar-refractivity contribution in [1.29, 1.82) is 0 Å². The van der Waals surface area contributed by atoms with Gasteiger partial charge in [0.25, 0.3) is 0 Å². The third kappa shape index (κ3) is 8.49. The average molecular weight is 704 g/mol. The minimum absolute atomic E-state index is 0.0286. The van der Waals surface area contributed by atoms with E-state index < -0.39 is 8.07 Å².